The molecule has 5 nitrogen and oxygen atoms in total. The fraction of sp³-hybridized carbons (Fsp3) is 0.222. The van der Waals surface area contributed by atoms with Gasteiger partial charge in [0.25, 0.3) is 5.56 Å². The van der Waals surface area contributed by atoms with Gasteiger partial charge in [0, 0.05) is 17.3 Å². The highest BCUT2D eigenvalue weighted by Crippen LogP contribution is 2.28. The number of anilines is 1. The van der Waals surface area contributed by atoms with Crippen molar-refractivity contribution < 1.29 is 4.52 Å². The van der Waals surface area contributed by atoms with E-state index in [1.54, 1.807) is 10.6 Å². The van der Waals surface area contributed by atoms with Gasteiger partial charge in [0.1, 0.15) is 5.76 Å². The van der Waals surface area contributed by atoms with Gasteiger partial charge in [-0.15, -0.1) is 0 Å². The highest BCUT2D eigenvalue weighted by Gasteiger charge is 2.17. The molecule has 2 N–H and O–H groups in total. The smallest absolute Gasteiger partial charge is 0.274 e. The Kier molecular flexibility index (Phi) is 3.78. The summed E-state index contributed by atoms with van der Waals surface area (Å²) in [5.74, 6) is 0.708. The van der Waals surface area contributed by atoms with Gasteiger partial charge in [-0.25, -0.2) is 0 Å². The molecule has 1 aromatic carbocycles. The summed E-state index contributed by atoms with van der Waals surface area (Å²) in [5.41, 5.74) is 9.51. The lowest BCUT2D eigenvalue weighted by Crippen LogP contribution is -2.26. The third-order valence-corrected chi connectivity index (χ3v) is 4.09. The third kappa shape index (κ3) is 2.65. The minimum atomic E-state index is -0.197. The summed E-state index contributed by atoms with van der Waals surface area (Å²) in [6.45, 7) is 5.70. The van der Waals surface area contributed by atoms with Crippen molar-refractivity contribution in [2.75, 3.05) is 5.73 Å². The van der Waals surface area contributed by atoms with Crippen molar-refractivity contribution in [3.63, 3.8) is 0 Å². The van der Waals surface area contributed by atoms with E-state index in [0.29, 0.717) is 5.76 Å². The Morgan fingerprint density at radius 3 is 2.52 bits per heavy atom. The number of aryl methyl sites for hydroxylation is 2. The van der Waals surface area contributed by atoms with Crippen LogP contribution in [0.5, 0.6) is 0 Å². The molecule has 3 aromatic rings. The number of hydrogen-bond acceptors (Lipinski definition) is 4. The summed E-state index contributed by atoms with van der Waals surface area (Å²) >= 11 is 0. The molecule has 1 atom stereocenters. The number of rotatable bonds is 3. The normalized spacial score (nSPS) is 12.3. The fourth-order valence-corrected chi connectivity index (χ4v) is 2.84. The molecule has 0 saturated carbocycles. The van der Waals surface area contributed by atoms with Gasteiger partial charge in [-0.2, -0.15) is 0 Å². The van der Waals surface area contributed by atoms with Gasteiger partial charge in [-0.3, -0.25) is 4.79 Å². The SMILES string of the molecule is Cc1noc(C)c1-c1cc(N)c(=O)n([C@H](C)c2ccccc2)c1. The molecule has 0 amide bonds. The number of benzene rings is 1. The molecule has 2 heterocycles. The minimum Gasteiger partial charge on any atom is -0.394 e. The van der Waals surface area contributed by atoms with Gasteiger partial charge in [0.2, 0.25) is 0 Å². The Labute approximate surface area is 134 Å². The Morgan fingerprint density at radius 1 is 1.22 bits per heavy atom. The van der Waals surface area contributed by atoms with Gasteiger partial charge < -0.3 is 14.8 Å². The number of nitrogens with two attached hydrogens (primary N) is 1. The number of hydrogen-bond donors (Lipinski definition) is 1. The summed E-state index contributed by atoms with van der Waals surface area (Å²) in [4.78, 5) is 12.5. The number of nitrogen functional groups attached to an aromatic ring is 1. The van der Waals surface area contributed by atoms with E-state index in [2.05, 4.69) is 5.16 Å². The molecule has 0 aliphatic carbocycles. The van der Waals surface area contributed by atoms with Gasteiger partial charge in [-0.1, -0.05) is 35.5 Å². The van der Waals surface area contributed by atoms with E-state index in [4.69, 9.17) is 10.3 Å². The zero-order valence-electron chi connectivity index (χ0n) is 13.4. The highest BCUT2D eigenvalue weighted by molar-refractivity contribution is 5.69. The molecule has 0 unspecified atom stereocenters. The molecule has 0 spiro atoms. The van der Waals surface area contributed by atoms with E-state index in [0.717, 1.165) is 22.4 Å². The predicted octanol–water partition coefficient (Wildman–Crippen LogP) is 3.31. The van der Waals surface area contributed by atoms with Gasteiger partial charge in [0.15, 0.2) is 0 Å². The molecule has 0 saturated heterocycles. The molecule has 0 bridgehead atoms. The van der Waals surface area contributed by atoms with Crippen molar-refractivity contribution in [1.82, 2.24) is 9.72 Å². The summed E-state index contributed by atoms with van der Waals surface area (Å²) in [5, 5.41) is 3.97. The molecule has 2 aromatic heterocycles. The maximum absolute atomic E-state index is 12.5. The van der Waals surface area contributed by atoms with Crippen LogP contribution in [-0.4, -0.2) is 9.72 Å². The summed E-state index contributed by atoms with van der Waals surface area (Å²) < 4.78 is 6.89. The van der Waals surface area contributed by atoms with Crippen LogP contribution in [0.3, 0.4) is 0 Å². The van der Waals surface area contributed by atoms with Crippen LogP contribution < -0.4 is 11.3 Å². The van der Waals surface area contributed by atoms with Crippen molar-refractivity contribution in [3.8, 4) is 11.1 Å². The molecule has 0 aliphatic rings. The molecular formula is C18H19N3O2. The minimum absolute atomic E-state index is 0.119. The van der Waals surface area contributed by atoms with Crippen molar-refractivity contribution in [3.05, 3.63) is 70.0 Å². The Morgan fingerprint density at radius 2 is 1.91 bits per heavy atom. The number of aromatic nitrogens is 2. The second kappa shape index (κ2) is 5.76. The van der Waals surface area contributed by atoms with Crippen LogP contribution in [0, 0.1) is 13.8 Å². The average Bonchev–Trinajstić information content (AvgIpc) is 2.89. The first-order valence-electron chi connectivity index (χ1n) is 7.49. The van der Waals surface area contributed by atoms with Crippen LogP contribution in [0.4, 0.5) is 5.69 Å². The van der Waals surface area contributed by atoms with Crippen LogP contribution in [0.1, 0.15) is 30.0 Å². The third-order valence-electron chi connectivity index (χ3n) is 4.09. The molecule has 0 fully saturated rings. The molecule has 23 heavy (non-hydrogen) atoms. The average molecular weight is 309 g/mol. The zero-order valence-corrected chi connectivity index (χ0v) is 13.4. The summed E-state index contributed by atoms with van der Waals surface area (Å²) in [6, 6.07) is 11.4. The topological polar surface area (TPSA) is 74.1 Å². The van der Waals surface area contributed by atoms with Crippen molar-refractivity contribution >= 4 is 5.69 Å². The first kappa shape index (κ1) is 15.1. The highest BCUT2D eigenvalue weighted by atomic mass is 16.5. The van der Waals surface area contributed by atoms with Crippen molar-refractivity contribution in [2.24, 2.45) is 0 Å². The second-order valence-corrected chi connectivity index (χ2v) is 5.68. The maximum atomic E-state index is 12.5. The molecule has 0 radical (unpaired) electrons. The molecule has 118 valence electrons. The zero-order chi connectivity index (χ0) is 16.6. The predicted molar refractivity (Wildman–Crippen MR) is 90.3 cm³/mol. The van der Waals surface area contributed by atoms with Crippen LogP contribution in [-0.2, 0) is 0 Å². The largest absolute Gasteiger partial charge is 0.394 e. The van der Waals surface area contributed by atoms with E-state index in [-0.39, 0.29) is 17.3 Å². The maximum Gasteiger partial charge on any atom is 0.274 e. The molecule has 5 heteroatoms. The van der Waals surface area contributed by atoms with E-state index >= 15 is 0 Å². The lowest BCUT2D eigenvalue weighted by Gasteiger charge is -2.17. The summed E-state index contributed by atoms with van der Waals surface area (Å²) in [7, 11) is 0. The van der Waals surface area contributed by atoms with Crippen molar-refractivity contribution in [2.45, 2.75) is 26.8 Å². The second-order valence-electron chi connectivity index (χ2n) is 5.68. The standard InChI is InChI=1S/C18H19N3O2/c1-11-17(13(3)23-20-11)15-9-16(19)18(22)21(10-15)12(2)14-7-5-4-6-8-14/h4-10,12H,19H2,1-3H3/t12-/m1/s1. The first-order chi connectivity index (χ1) is 11.0. The monoisotopic (exact) mass is 309 g/mol. The number of pyridine rings is 1. The summed E-state index contributed by atoms with van der Waals surface area (Å²) in [6.07, 6.45) is 1.82. The van der Waals surface area contributed by atoms with Gasteiger partial charge in [0.05, 0.1) is 17.4 Å². The lowest BCUT2D eigenvalue weighted by molar-refractivity contribution is 0.393. The molecular weight excluding hydrogens is 290 g/mol. The van der Waals surface area contributed by atoms with Crippen LogP contribution in [0.25, 0.3) is 11.1 Å². The lowest BCUT2D eigenvalue weighted by atomic mass is 10.0. The number of nitrogens with zero attached hydrogens (tertiary/aromatic N) is 2. The van der Waals surface area contributed by atoms with Crippen molar-refractivity contribution in [1.29, 1.82) is 0 Å². The van der Waals surface area contributed by atoms with Crippen LogP contribution >= 0.6 is 0 Å². The van der Waals surface area contributed by atoms with E-state index in [1.807, 2.05) is 57.3 Å². The van der Waals surface area contributed by atoms with E-state index < -0.39 is 0 Å². The molecule has 0 aliphatic heterocycles. The molecule has 3 rings (SSSR count). The van der Waals surface area contributed by atoms with E-state index in [1.165, 1.54) is 0 Å². The van der Waals surface area contributed by atoms with Crippen LogP contribution in [0.2, 0.25) is 0 Å². The van der Waals surface area contributed by atoms with Gasteiger partial charge in [-0.05, 0) is 32.4 Å². The Balaban J connectivity index is 2.17. The van der Waals surface area contributed by atoms with E-state index in [9.17, 15) is 4.79 Å². The van der Waals surface area contributed by atoms with Crippen LogP contribution in [0.15, 0.2) is 51.9 Å². The first-order valence-corrected chi connectivity index (χ1v) is 7.49. The Hall–Kier alpha value is -2.82. The quantitative estimate of drug-likeness (QED) is 0.805. The van der Waals surface area contributed by atoms with Gasteiger partial charge >= 0.3 is 0 Å². The fourth-order valence-electron chi connectivity index (χ4n) is 2.84. The Bertz CT molecular complexity index is 875.